The Morgan fingerprint density at radius 2 is 1.92 bits per heavy atom. The highest BCUT2D eigenvalue weighted by Gasteiger charge is 2.34. The molecule has 4 nitrogen and oxygen atoms in total. The Kier molecular flexibility index (Phi) is 4.47. The minimum Gasteiger partial charge on any atom is -0.478 e. The van der Waals surface area contributed by atoms with Crippen molar-refractivity contribution >= 4 is 17.3 Å². The fraction of sp³-hybridized carbons (Fsp3) is 0.350. The molecule has 0 fully saturated rings. The first-order chi connectivity index (χ1) is 11.5. The number of nitrogen functional groups attached to an aromatic ring is 1. The number of fused-ring (bicyclic) bond motifs is 1. The molecule has 1 aliphatic heterocycles. The molecule has 0 saturated carbocycles. The van der Waals surface area contributed by atoms with Crippen LogP contribution in [-0.2, 0) is 11.2 Å². The summed E-state index contributed by atoms with van der Waals surface area (Å²) in [4.78, 5) is 14.7. The summed E-state index contributed by atoms with van der Waals surface area (Å²) in [6.07, 6.45) is 0.968. The maximum atomic E-state index is 12.9. The van der Waals surface area contributed by atoms with Gasteiger partial charge in [0, 0.05) is 18.7 Å². The lowest BCUT2D eigenvalue weighted by atomic mass is 10.0. The van der Waals surface area contributed by atoms with E-state index in [2.05, 4.69) is 39.0 Å². The van der Waals surface area contributed by atoms with Crippen LogP contribution in [-0.4, -0.2) is 18.6 Å². The van der Waals surface area contributed by atoms with E-state index in [1.807, 2.05) is 18.2 Å². The molecule has 3 rings (SSSR count). The Hall–Kier alpha value is -2.49. The molecule has 1 unspecified atom stereocenters. The van der Waals surface area contributed by atoms with Crippen LogP contribution in [0.2, 0.25) is 0 Å². The number of nitrogens with two attached hydrogens (primary N) is 1. The number of carbonyl (C=O) groups is 1. The predicted molar refractivity (Wildman–Crippen MR) is 97.5 cm³/mol. The number of hydrogen-bond donors (Lipinski definition) is 1. The van der Waals surface area contributed by atoms with E-state index < -0.39 is 6.10 Å². The molecule has 1 amide bonds. The molecule has 4 heteroatoms. The van der Waals surface area contributed by atoms with Gasteiger partial charge in [-0.3, -0.25) is 4.79 Å². The Labute approximate surface area is 143 Å². The Bertz CT molecular complexity index is 770. The highest BCUT2D eigenvalue weighted by molar-refractivity contribution is 6.00. The summed E-state index contributed by atoms with van der Waals surface area (Å²) in [5.41, 5.74) is 10.9. The number of rotatable bonds is 4. The van der Waals surface area contributed by atoms with Gasteiger partial charge in [0.1, 0.15) is 5.75 Å². The van der Waals surface area contributed by atoms with Gasteiger partial charge in [-0.1, -0.05) is 25.1 Å². The number of hydrogen-bond acceptors (Lipinski definition) is 3. The van der Waals surface area contributed by atoms with Crippen LogP contribution >= 0.6 is 0 Å². The number of amides is 1. The van der Waals surface area contributed by atoms with Crippen LogP contribution in [0, 0.1) is 13.8 Å². The predicted octanol–water partition coefficient (Wildman–Crippen LogP) is 3.63. The lowest BCUT2D eigenvalue weighted by Gasteiger charge is -2.34. The number of carbonyl (C=O) groups excluding carboxylic acids is 1. The first-order valence-electron chi connectivity index (χ1n) is 8.43. The summed E-state index contributed by atoms with van der Waals surface area (Å²) in [6.45, 7) is 6.91. The van der Waals surface area contributed by atoms with Gasteiger partial charge in [0.05, 0.1) is 5.69 Å². The van der Waals surface area contributed by atoms with E-state index in [0.717, 1.165) is 23.4 Å². The van der Waals surface area contributed by atoms with Gasteiger partial charge < -0.3 is 15.4 Å². The normalized spacial score (nSPS) is 16.7. The molecule has 0 aromatic heterocycles. The van der Waals surface area contributed by atoms with E-state index in [9.17, 15) is 4.79 Å². The van der Waals surface area contributed by atoms with Crippen LogP contribution in [0.1, 0.15) is 30.0 Å². The van der Waals surface area contributed by atoms with Crippen molar-refractivity contribution in [1.29, 1.82) is 0 Å². The summed E-state index contributed by atoms with van der Waals surface area (Å²) in [7, 11) is 0. The first kappa shape index (κ1) is 16.4. The monoisotopic (exact) mass is 324 g/mol. The quantitative estimate of drug-likeness (QED) is 0.874. The molecular formula is C20H24N2O2. The molecule has 0 saturated heterocycles. The van der Waals surface area contributed by atoms with Crippen LogP contribution < -0.4 is 15.4 Å². The minimum atomic E-state index is -0.491. The van der Waals surface area contributed by atoms with Gasteiger partial charge in [0.2, 0.25) is 0 Å². The maximum absolute atomic E-state index is 12.9. The second kappa shape index (κ2) is 6.56. The average molecular weight is 324 g/mol. The van der Waals surface area contributed by atoms with E-state index in [1.54, 1.807) is 4.90 Å². The SMILES string of the molecule is CCCN1C(=O)C(Cc2ccc(C)c(C)c2)Oc2ccc(N)cc21. The van der Waals surface area contributed by atoms with Gasteiger partial charge in [-0.2, -0.15) is 0 Å². The van der Waals surface area contributed by atoms with Gasteiger partial charge in [0.15, 0.2) is 6.10 Å². The van der Waals surface area contributed by atoms with E-state index >= 15 is 0 Å². The molecule has 1 atom stereocenters. The van der Waals surface area contributed by atoms with Crippen LogP contribution in [0.5, 0.6) is 5.75 Å². The summed E-state index contributed by atoms with van der Waals surface area (Å²) in [5, 5.41) is 0. The Balaban J connectivity index is 1.90. The van der Waals surface area contributed by atoms with Crippen LogP contribution in [0.15, 0.2) is 36.4 Å². The molecule has 1 heterocycles. The third kappa shape index (κ3) is 3.09. The van der Waals surface area contributed by atoms with Gasteiger partial charge in [-0.05, 0) is 55.2 Å². The third-order valence-corrected chi connectivity index (χ3v) is 4.52. The summed E-state index contributed by atoms with van der Waals surface area (Å²) < 4.78 is 6.00. The van der Waals surface area contributed by atoms with Crippen molar-refractivity contribution in [1.82, 2.24) is 0 Å². The number of aryl methyl sites for hydroxylation is 2. The Morgan fingerprint density at radius 1 is 1.12 bits per heavy atom. The number of ether oxygens (including phenoxy) is 1. The molecule has 126 valence electrons. The topological polar surface area (TPSA) is 55.6 Å². The largest absolute Gasteiger partial charge is 0.478 e. The molecule has 2 aromatic carbocycles. The van der Waals surface area contributed by atoms with E-state index in [1.165, 1.54) is 11.1 Å². The zero-order valence-corrected chi connectivity index (χ0v) is 14.5. The molecule has 24 heavy (non-hydrogen) atoms. The summed E-state index contributed by atoms with van der Waals surface area (Å²) in [5.74, 6) is 0.735. The maximum Gasteiger partial charge on any atom is 0.268 e. The van der Waals surface area contributed by atoms with Crippen molar-refractivity contribution in [3.05, 3.63) is 53.1 Å². The highest BCUT2D eigenvalue weighted by Crippen LogP contribution is 2.36. The van der Waals surface area contributed by atoms with Crippen molar-refractivity contribution in [2.75, 3.05) is 17.2 Å². The fourth-order valence-corrected chi connectivity index (χ4v) is 3.07. The van der Waals surface area contributed by atoms with Gasteiger partial charge in [-0.15, -0.1) is 0 Å². The van der Waals surface area contributed by atoms with E-state index in [0.29, 0.717) is 18.7 Å². The van der Waals surface area contributed by atoms with Gasteiger partial charge >= 0.3 is 0 Å². The van der Waals surface area contributed by atoms with E-state index in [-0.39, 0.29) is 5.91 Å². The smallest absolute Gasteiger partial charge is 0.268 e. The number of benzene rings is 2. The van der Waals surface area contributed by atoms with Crippen molar-refractivity contribution in [2.45, 2.75) is 39.7 Å². The zero-order chi connectivity index (χ0) is 17.3. The highest BCUT2D eigenvalue weighted by atomic mass is 16.5. The van der Waals surface area contributed by atoms with Crippen molar-refractivity contribution in [2.24, 2.45) is 0 Å². The average Bonchev–Trinajstić information content (AvgIpc) is 2.55. The number of anilines is 2. The second-order valence-electron chi connectivity index (χ2n) is 6.45. The van der Waals surface area contributed by atoms with Crippen LogP contribution in [0.4, 0.5) is 11.4 Å². The second-order valence-corrected chi connectivity index (χ2v) is 6.45. The minimum absolute atomic E-state index is 0.00757. The lowest BCUT2D eigenvalue weighted by Crippen LogP contribution is -2.47. The molecule has 0 bridgehead atoms. The lowest BCUT2D eigenvalue weighted by molar-refractivity contribution is -0.126. The summed E-state index contributed by atoms with van der Waals surface area (Å²) >= 11 is 0. The van der Waals surface area contributed by atoms with Crippen LogP contribution in [0.25, 0.3) is 0 Å². The molecule has 0 aliphatic carbocycles. The molecule has 0 spiro atoms. The molecule has 1 aliphatic rings. The van der Waals surface area contributed by atoms with Crippen molar-refractivity contribution in [3.63, 3.8) is 0 Å². The van der Waals surface area contributed by atoms with Crippen molar-refractivity contribution < 1.29 is 9.53 Å². The zero-order valence-electron chi connectivity index (χ0n) is 14.5. The summed E-state index contributed by atoms with van der Waals surface area (Å²) in [6, 6.07) is 11.8. The van der Waals surface area contributed by atoms with Crippen LogP contribution in [0.3, 0.4) is 0 Å². The first-order valence-corrected chi connectivity index (χ1v) is 8.43. The van der Waals surface area contributed by atoms with E-state index in [4.69, 9.17) is 10.5 Å². The molecular weight excluding hydrogens is 300 g/mol. The Morgan fingerprint density at radius 3 is 2.62 bits per heavy atom. The molecule has 2 N–H and O–H groups in total. The van der Waals surface area contributed by atoms with Crippen molar-refractivity contribution in [3.8, 4) is 5.75 Å². The third-order valence-electron chi connectivity index (χ3n) is 4.52. The molecule has 2 aromatic rings. The fourth-order valence-electron chi connectivity index (χ4n) is 3.07. The van der Waals surface area contributed by atoms with Gasteiger partial charge in [0.25, 0.3) is 5.91 Å². The van der Waals surface area contributed by atoms with Gasteiger partial charge in [-0.25, -0.2) is 0 Å². The number of nitrogens with zero attached hydrogens (tertiary/aromatic N) is 1. The standard InChI is InChI=1S/C20H24N2O2/c1-4-9-22-17-12-16(21)7-8-18(17)24-19(20(22)23)11-15-6-5-13(2)14(3)10-15/h5-8,10,12,19H,4,9,11,21H2,1-3H3. The molecule has 0 radical (unpaired) electrons.